The van der Waals surface area contributed by atoms with Gasteiger partial charge in [0.25, 0.3) is 0 Å². The fourth-order valence-corrected chi connectivity index (χ4v) is 5.50. The number of rotatable bonds is 6. The number of aromatic nitrogens is 1. The molecule has 0 bridgehead atoms. The zero-order valence-corrected chi connectivity index (χ0v) is 18.5. The summed E-state index contributed by atoms with van der Waals surface area (Å²) >= 11 is 1.67. The molecule has 0 spiro atoms. The third kappa shape index (κ3) is 3.92. The SMILES string of the molecule is C=C(/C=C\C=C/C)Nc1cc(=O)c2c(C3CCCC3)csc2n1-c1ccccc1C. The lowest BCUT2D eigenvalue weighted by Crippen LogP contribution is -2.14. The number of hydrogen-bond acceptors (Lipinski definition) is 3. The predicted molar refractivity (Wildman–Crippen MR) is 130 cm³/mol. The van der Waals surface area contributed by atoms with Crippen molar-refractivity contribution in [3.05, 3.63) is 93.6 Å². The number of hydrogen-bond donors (Lipinski definition) is 1. The first-order valence-corrected chi connectivity index (χ1v) is 11.5. The van der Waals surface area contributed by atoms with Crippen LogP contribution in [0.25, 0.3) is 15.9 Å². The van der Waals surface area contributed by atoms with E-state index < -0.39 is 0 Å². The average Bonchev–Trinajstić information content (AvgIpc) is 3.39. The van der Waals surface area contributed by atoms with Gasteiger partial charge in [0.05, 0.1) is 11.1 Å². The van der Waals surface area contributed by atoms with Gasteiger partial charge in [0, 0.05) is 11.8 Å². The van der Waals surface area contributed by atoms with Gasteiger partial charge in [-0.1, -0.05) is 55.8 Å². The fraction of sp³-hybridized carbons (Fsp3) is 0.269. The summed E-state index contributed by atoms with van der Waals surface area (Å²) in [5.74, 6) is 1.26. The van der Waals surface area contributed by atoms with Gasteiger partial charge in [0.15, 0.2) is 5.43 Å². The number of thiophene rings is 1. The molecule has 0 aliphatic heterocycles. The van der Waals surface area contributed by atoms with Crippen molar-refractivity contribution in [2.75, 3.05) is 5.32 Å². The van der Waals surface area contributed by atoms with Gasteiger partial charge in [0.1, 0.15) is 10.6 Å². The summed E-state index contributed by atoms with van der Waals surface area (Å²) < 4.78 is 2.18. The van der Waals surface area contributed by atoms with E-state index in [1.807, 2.05) is 43.4 Å². The van der Waals surface area contributed by atoms with Crippen LogP contribution in [0.3, 0.4) is 0 Å². The molecule has 1 aromatic carbocycles. The quantitative estimate of drug-likeness (QED) is 0.436. The van der Waals surface area contributed by atoms with Gasteiger partial charge in [0.2, 0.25) is 0 Å². The lowest BCUT2D eigenvalue weighted by molar-refractivity contribution is 0.731. The van der Waals surface area contributed by atoms with Gasteiger partial charge in [-0.05, 0) is 61.3 Å². The molecule has 1 aliphatic rings. The molecule has 1 saturated carbocycles. The van der Waals surface area contributed by atoms with Crippen LogP contribution < -0.4 is 10.7 Å². The smallest absolute Gasteiger partial charge is 0.192 e. The molecule has 0 radical (unpaired) electrons. The van der Waals surface area contributed by atoms with Crippen molar-refractivity contribution in [3.8, 4) is 5.69 Å². The number of nitrogens with one attached hydrogen (secondary N) is 1. The molecule has 0 amide bonds. The molecule has 2 aromatic heterocycles. The minimum atomic E-state index is 0.0886. The first kappa shape index (κ1) is 20.4. The Kier molecular flexibility index (Phi) is 6.05. The molecule has 4 heteroatoms. The second-order valence-corrected chi connectivity index (χ2v) is 8.76. The molecule has 3 aromatic rings. The molecule has 3 nitrogen and oxygen atoms in total. The maximum absolute atomic E-state index is 13.2. The molecule has 2 heterocycles. The number of nitrogens with zero attached hydrogens (tertiary/aromatic N) is 1. The van der Waals surface area contributed by atoms with Crippen molar-refractivity contribution in [3.63, 3.8) is 0 Å². The van der Waals surface area contributed by atoms with Gasteiger partial charge in [-0.2, -0.15) is 0 Å². The van der Waals surface area contributed by atoms with E-state index in [-0.39, 0.29) is 5.43 Å². The van der Waals surface area contributed by atoms with Crippen LogP contribution >= 0.6 is 11.3 Å². The Labute approximate surface area is 182 Å². The Balaban J connectivity index is 1.90. The van der Waals surface area contributed by atoms with Crippen molar-refractivity contribution in [1.29, 1.82) is 0 Å². The number of allylic oxidation sites excluding steroid dienone is 4. The lowest BCUT2D eigenvalue weighted by atomic mass is 9.97. The van der Waals surface area contributed by atoms with Crippen molar-refractivity contribution in [2.24, 2.45) is 0 Å². The number of para-hydroxylation sites is 1. The molecule has 1 aliphatic carbocycles. The molecule has 0 atom stereocenters. The first-order valence-electron chi connectivity index (χ1n) is 10.6. The minimum Gasteiger partial charge on any atom is -0.342 e. The lowest BCUT2D eigenvalue weighted by Gasteiger charge is -2.19. The van der Waals surface area contributed by atoms with Crippen LogP contribution in [0.1, 0.15) is 49.7 Å². The maximum atomic E-state index is 13.2. The summed E-state index contributed by atoms with van der Waals surface area (Å²) in [6.45, 7) is 8.19. The maximum Gasteiger partial charge on any atom is 0.192 e. The van der Waals surface area contributed by atoms with E-state index in [4.69, 9.17) is 0 Å². The van der Waals surface area contributed by atoms with Crippen LogP contribution in [0.4, 0.5) is 5.82 Å². The summed E-state index contributed by atoms with van der Waals surface area (Å²) in [5, 5.41) is 6.46. The number of benzene rings is 1. The van der Waals surface area contributed by atoms with Crippen molar-refractivity contribution in [2.45, 2.75) is 45.4 Å². The molecule has 0 unspecified atom stereocenters. The topological polar surface area (TPSA) is 34.0 Å². The predicted octanol–water partition coefficient (Wildman–Crippen LogP) is 7.08. The molecule has 0 saturated heterocycles. The van der Waals surface area contributed by atoms with Crippen LogP contribution in [-0.2, 0) is 0 Å². The zero-order chi connectivity index (χ0) is 21.1. The Bertz CT molecular complexity index is 1190. The van der Waals surface area contributed by atoms with Crippen LogP contribution in [0.15, 0.2) is 77.1 Å². The molecule has 1 N–H and O–H groups in total. The highest BCUT2D eigenvalue weighted by Gasteiger charge is 2.24. The third-order valence-electron chi connectivity index (χ3n) is 5.80. The van der Waals surface area contributed by atoms with E-state index in [0.717, 1.165) is 33.0 Å². The standard InChI is InChI=1S/C26H28N2OS/c1-4-5-6-12-19(3)27-24-16-23(29)25-21(20-13-8-9-14-20)17-30-26(25)28(24)22-15-10-7-11-18(22)2/h4-7,10-12,15-17,20,27H,3,8-9,13-14H2,1-2H3/b5-4-,12-6-. The highest BCUT2D eigenvalue weighted by atomic mass is 32.1. The third-order valence-corrected chi connectivity index (χ3v) is 6.78. The summed E-state index contributed by atoms with van der Waals surface area (Å²) in [6, 6.07) is 10.0. The molecular formula is C26H28N2OS. The molecule has 154 valence electrons. The Morgan fingerprint density at radius 1 is 1.23 bits per heavy atom. The van der Waals surface area contributed by atoms with Gasteiger partial charge in [-0.3, -0.25) is 9.36 Å². The van der Waals surface area contributed by atoms with Gasteiger partial charge < -0.3 is 5.32 Å². The Hall–Kier alpha value is -2.85. The second-order valence-electron chi connectivity index (χ2n) is 7.90. The van der Waals surface area contributed by atoms with E-state index in [1.165, 1.54) is 31.2 Å². The molecule has 4 rings (SSSR count). The largest absolute Gasteiger partial charge is 0.342 e. The summed E-state index contributed by atoms with van der Waals surface area (Å²) in [6.07, 6.45) is 12.7. The van der Waals surface area contributed by atoms with E-state index >= 15 is 0 Å². The molecule has 30 heavy (non-hydrogen) atoms. The fourth-order valence-electron chi connectivity index (χ4n) is 4.31. The second kappa shape index (κ2) is 8.88. The van der Waals surface area contributed by atoms with E-state index in [1.54, 1.807) is 17.4 Å². The van der Waals surface area contributed by atoms with Gasteiger partial charge in [-0.15, -0.1) is 11.3 Å². The normalized spacial score (nSPS) is 15.0. The Morgan fingerprint density at radius 2 is 2.00 bits per heavy atom. The first-order chi connectivity index (χ1) is 14.6. The molecular weight excluding hydrogens is 388 g/mol. The van der Waals surface area contributed by atoms with E-state index in [2.05, 4.69) is 40.9 Å². The Morgan fingerprint density at radius 3 is 2.73 bits per heavy atom. The van der Waals surface area contributed by atoms with Crippen LogP contribution in [-0.4, -0.2) is 4.57 Å². The summed E-state index contributed by atoms with van der Waals surface area (Å²) in [5.41, 5.74) is 4.30. The van der Waals surface area contributed by atoms with E-state index in [0.29, 0.717) is 5.92 Å². The number of fused-ring (bicyclic) bond motifs is 1. The van der Waals surface area contributed by atoms with E-state index in [9.17, 15) is 4.79 Å². The number of aryl methyl sites for hydroxylation is 1. The average molecular weight is 417 g/mol. The van der Waals surface area contributed by atoms with Crippen LogP contribution in [0.2, 0.25) is 0 Å². The summed E-state index contributed by atoms with van der Waals surface area (Å²) in [4.78, 5) is 14.2. The zero-order valence-electron chi connectivity index (χ0n) is 17.7. The number of anilines is 1. The highest BCUT2D eigenvalue weighted by Crippen LogP contribution is 2.40. The minimum absolute atomic E-state index is 0.0886. The number of pyridine rings is 1. The summed E-state index contributed by atoms with van der Waals surface area (Å²) in [7, 11) is 0. The van der Waals surface area contributed by atoms with Gasteiger partial charge >= 0.3 is 0 Å². The molecule has 1 fully saturated rings. The van der Waals surface area contributed by atoms with Crippen LogP contribution in [0.5, 0.6) is 0 Å². The monoisotopic (exact) mass is 416 g/mol. The van der Waals surface area contributed by atoms with Crippen LogP contribution in [0, 0.1) is 6.92 Å². The van der Waals surface area contributed by atoms with Gasteiger partial charge in [-0.25, -0.2) is 0 Å². The highest BCUT2D eigenvalue weighted by molar-refractivity contribution is 7.17. The van der Waals surface area contributed by atoms with Crippen molar-refractivity contribution in [1.82, 2.24) is 4.57 Å². The van der Waals surface area contributed by atoms with Crippen molar-refractivity contribution < 1.29 is 0 Å². The van der Waals surface area contributed by atoms with Crippen molar-refractivity contribution >= 4 is 27.4 Å².